The highest BCUT2D eigenvalue weighted by atomic mass is 32.2. The molecule has 0 aromatic rings. The van der Waals surface area contributed by atoms with Crippen LogP contribution in [-0.4, -0.2) is 55.5 Å². The van der Waals surface area contributed by atoms with Crippen LogP contribution in [0.2, 0.25) is 0 Å². The van der Waals surface area contributed by atoms with Gasteiger partial charge in [0.15, 0.2) is 0 Å². The summed E-state index contributed by atoms with van der Waals surface area (Å²) in [6.07, 6.45) is 1.78. The van der Waals surface area contributed by atoms with Crippen LogP contribution in [-0.2, 0) is 19.4 Å². The second-order valence-electron chi connectivity index (χ2n) is 3.21. The topological polar surface area (TPSA) is 101 Å². The van der Waals surface area contributed by atoms with E-state index >= 15 is 0 Å². The molecule has 2 N–H and O–H groups in total. The summed E-state index contributed by atoms with van der Waals surface area (Å²) in [6, 6.07) is -0.900. The summed E-state index contributed by atoms with van der Waals surface area (Å²) in [7, 11) is -2.96. The zero-order valence-electron chi connectivity index (χ0n) is 8.88. The van der Waals surface area contributed by atoms with Crippen molar-refractivity contribution < 1.29 is 23.1 Å². The molecule has 0 aliphatic rings. The fraction of sp³-hybridized carbons (Fsp3) is 0.750. The number of carbonyl (C=O) groups is 2. The summed E-state index contributed by atoms with van der Waals surface area (Å²) >= 11 is 1.35. The first-order valence-electron chi connectivity index (χ1n) is 4.55. The van der Waals surface area contributed by atoms with Gasteiger partial charge in [0, 0.05) is 12.0 Å². The molecule has 8 heteroatoms. The van der Waals surface area contributed by atoms with Gasteiger partial charge < -0.3 is 10.4 Å². The number of sulfone groups is 1. The maximum absolute atomic E-state index is 10.8. The average molecular weight is 269 g/mol. The fourth-order valence-electron chi connectivity index (χ4n) is 0.874. The third-order valence-electron chi connectivity index (χ3n) is 1.72. The van der Waals surface area contributed by atoms with E-state index in [-0.39, 0.29) is 12.2 Å². The van der Waals surface area contributed by atoms with E-state index in [2.05, 4.69) is 5.32 Å². The van der Waals surface area contributed by atoms with Crippen molar-refractivity contribution in [1.29, 1.82) is 0 Å². The number of amides is 1. The molecule has 0 spiro atoms. The van der Waals surface area contributed by atoms with Gasteiger partial charge in [-0.15, -0.1) is 0 Å². The first kappa shape index (κ1) is 15.2. The monoisotopic (exact) mass is 269 g/mol. The number of carboxylic acid groups (broad SMARTS) is 1. The minimum Gasteiger partial charge on any atom is -0.480 e. The van der Waals surface area contributed by atoms with Crippen LogP contribution in [0.3, 0.4) is 0 Å². The van der Waals surface area contributed by atoms with Crippen LogP contribution in [0, 0.1) is 0 Å². The van der Waals surface area contributed by atoms with Gasteiger partial charge in [0.2, 0.25) is 6.41 Å². The van der Waals surface area contributed by atoms with E-state index in [4.69, 9.17) is 5.11 Å². The number of aliphatic carboxylic acids is 1. The number of rotatable bonds is 9. The zero-order valence-corrected chi connectivity index (χ0v) is 10.5. The lowest BCUT2D eigenvalue weighted by Crippen LogP contribution is -2.36. The van der Waals surface area contributed by atoms with Crippen molar-refractivity contribution >= 4 is 34.0 Å². The van der Waals surface area contributed by atoms with Gasteiger partial charge in [0.25, 0.3) is 0 Å². The average Bonchev–Trinajstić information content (AvgIpc) is 2.13. The molecule has 6 nitrogen and oxygen atoms in total. The van der Waals surface area contributed by atoms with Crippen molar-refractivity contribution in [3.05, 3.63) is 0 Å². The van der Waals surface area contributed by atoms with Gasteiger partial charge in [0.05, 0.1) is 5.75 Å². The zero-order chi connectivity index (χ0) is 12.6. The molecule has 0 radical (unpaired) electrons. The summed E-state index contributed by atoms with van der Waals surface area (Å²) in [5.74, 6) is -0.0772. The standard InChI is InChI=1S/C8H15NO5S2/c1-16(13,14)5-4-15-3-2-7(8(11)12)9-6-10/h6-7H,2-5H2,1H3,(H,9,10)(H,11,12). The lowest BCUT2D eigenvalue weighted by atomic mass is 10.2. The second-order valence-corrected chi connectivity index (χ2v) is 6.69. The second kappa shape index (κ2) is 7.50. The Morgan fingerprint density at radius 3 is 2.56 bits per heavy atom. The molecule has 1 unspecified atom stereocenters. The molecule has 0 rings (SSSR count). The molecular formula is C8H15NO5S2. The molecule has 0 aliphatic carbocycles. The third-order valence-corrected chi connectivity index (χ3v) is 3.94. The molecule has 1 atom stereocenters. The van der Waals surface area contributed by atoms with Crippen molar-refractivity contribution in [2.24, 2.45) is 0 Å². The third kappa shape index (κ3) is 8.54. The van der Waals surface area contributed by atoms with Crippen molar-refractivity contribution in [3.8, 4) is 0 Å². The van der Waals surface area contributed by atoms with Crippen LogP contribution in [0.25, 0.3) is 0 Å². The van der Waals surface area contributed by atoms with E-state index in [1.54, 1.807) is 0 Å². The molecule has 0 bridgehead atoms. The molecule has 0 aromatic heterocycles. The van der Waals surface area contributed by atoms with Crippen LogP contribution < -0.4 is 5.32 Å². The summed E-state index contributed by atoms with van der Waals surface area (Å²) in [6.45, 7) is 0. The molecule has 0 aliphatic heterocycles. The smallest absolute Gasteiger partial charge is 0.326 e. The molecule has 0 saturated heterocycles. The lowest BCUT2D eigenvalue weighted by molar-refractivity contribution is -0.140. The highest BCUT2D eigenvalue weighted by Gasteiger charge is 2.15. The number of hydrogen-bond acceptors (Lipinski definition) is 5. The Morgan fingerprint density at radius 1 is 1.50 bits per heavy atom. The molecule has 0 fully saturated rings. The first-order valence-corrected chi connectivity index (χ1v) is 7.76. The molecule has 0 aromatic carbocycles. The van der Waals surface area contributed by atoms with Crippen molar-refractivity contribution in [1.82, 2.24) is 5.32 Å². The summed E-state index contributed by atoms with van der Waals surface area (Å²) in [4.78, 5) is 20.7. The predicted molar refractivity (Wildman–Crippen MR) is 62.3 cm³/mol. The SMILES string of the molecule is CS(=O)(=O)CCSCCC(NC=O)C(=O)O. The van der Waals surface area contributed by atoms with Gasteiger partial charge in [-0.05, 0) is 12.2 Å². The van der Waals surface area contributed by atoms with Crippen LogP contribution in [0.15, 0.2) is 0 Å². The number of carboxylic acids is 1. The number of carbonyl (C=O) groups excluding carboxylic acids is 1. The molecule has 1 amide bonds. The van der Waals surface area contributed by atoms with E-state index in [0.29, 0.717) is 17.9 Å². The fourth-order valence-corrected chi connectivity index (χ4v) is 3.16. The summed E-state index contributed by atoms with van der Waals surface area (Å²) in [5.41, 5.74) is 0. The Bertz CT molecular complexity index is 327. The highest BCUT2D eigenvalue weighted by molar-refractivity contribution is 8.00. The first-order chi connectivity index (χ1) is 7.37. The Labute approximate surface area is 98.7 Å². The Kier molecular flexibility index (Phi) is 7.15. The van der Waals surface area contributed by atoms with Gasteiger partial charge in [-0.2, -0.15) is 11.8 Å². The van der Waals surface area contributed by atoms with Crippen molar-refractivity contribution in [2.45, 2.75) is 12.5 Å². The van der Waals surface area contributed by atoms with Crippen molar-refractivity contribution in [2.75, 3.05) is 23.5 Å². The number of thioether (sulfide) groups is 1. The minimum absolute atomic E-state index is 0.0799. The summed E-state index contributed by atoms with van der Waals surface area (Å²) in [5, 5.41) is 10.8. The number of nitrogens with one attached hydrogen (secondary N) is 1. The van der Waals surface area contributed by atoms with E-state index in [1.165, 1.54) is 11.8 Å². The quantitative estimate of drug-likeness (QED) is 0.426. The van der Waals surface area contributed by atoms with E-state index < -0.39 is 21.8 Å². The van der Waals surface area contributed by atoms with Gasteiger partial charge in [-0.3, -0.25) is 4.79 Å². The Balaban J connectivity index is 3.71. The van der Waals surface area contributed by atoms with Gasteiger partial charge >= 0.3 is 5.97 Å². The van der Waals surface area contributed by atoms with E-state index in [9.17, 15) is 18.0 Å². The van der Waals surface area contributed by atoms with Crippen LogP contribution in [0.1, 0.15) is 6.42 Å². The van der Waals surface area contributed by atoms with Gasteiger partial charge in [-0.25, -0.2) is 13.2 Å². The normalized spacial score (nSPS) is 13.1. The predicted octanol–water partition coefficient (Wildman–Crippen LogP) is -0.646. The van der Waals surface area contributed by atoms with Crippen molar-refractivity contribution in [3.63, 3.8) is 0 Å². The Hall–Kier alpha value is -0.760. The summed E-state index contributed by atoms with van der Waals surface area (Å²) < 4.78 is 21.5. The van der Waals surface area contributed by atoms with Crippen LogP contribution in [0.5, 0.6) is 0 Å². The molecule has 94 valence electrons. The van der Waals surface area contributed by atoms with E-state index in [1.807, 2.05) is 0 Å². The van der Waals surface area contributed by atoms with E-state index in [0.717, 1.165) is 6.26 Å². The lowest BCUT2D eigenvalue weighted by Gasteiger charge is -2.10. The number of hydrogen-bond donors (Lipinski definition) is 2. The maximum atomic E-state index is 10.8. The minimum atomic E-state index is -2.96. The van der Waals surface area contributed by atoms with Crippen LogP contribution in [0.4, 0.5) is 0 Å². The Morgan fingerprint density at radius 2 is 2.12 bits per heavy atom. The largest absolute Gasteiger partial charge is 0.480 e. The van der Waals surface area contributed by atoms with Gasteiger partial charge in [-0.1, -0.05) is 0 Å². The molecule has 0 saturated carbocycles. The van der Waals surface area contributed by atoms with Crippen LogP contribution >= 0.6 is 11.8 Å². The highest BCUT2D eigenvalue weighted by Crippen LogP contribution is 2.06. The molecule has 16 heavy (non-hydrogen) atoms. The maximum Gasteiger partial charge on any atom is 0.326 e. The molecular weight excluding hydrogens is 254 g/mol. The van der Waals surface area contributed by atoms with Gasteiger partial charge in [0.1, 0.15) is 15.9 Å². The molecule has 0 heterocycles.